The van der Waals surface area contributed by atoms with E-state index >= 15 is 0 Å². The molecule has 0 aliphatic carbocycles. The fourth-order valence-electron chi connectivity index (χ4n) is 0.581. The smallest absolute Gasteiger partial charge is 0.221 e. The summed E-state index contributed by atoms with van der Waals surface area (Å²) in [6, 6.07) is 1.76. The molecule has 0 unspecified atom stereocenters. The minimum absolute atomic E-state index is 0.0887. The van der Waals surface area contributed by atoms with Crippen LogP contribution in [0.25, 0.3) is 0 Å². The fraction of sp³-hybridized carbons (Fsp3) is 0.167. The van der Waals surface area contributed by atoms with Crippen LogP contribution in [0.15, 0.2) is 11.4 Å². The molecule has 1 aromatic rings. The summed E-state index contributed by atoms with van der Waals surface area (Å²) in [4.78, 5) is 10.5. The highest BCUT2D eigenvalue weighted by Gasteiger charge is 1.99. The van der Waals surface area contributed by atoms with Crippen molar-refractivity contribution >= 4 is 27.9 Å². The summed E-state index contributed by atoms with van der Waals surface area (Å²) in [5.41, 5.74) is 6.11. The van der Waals surface area contributed by atoms with Gasteiger partial charge in [-0.2, -0.15) is 0 Å². The van der Waals surface area contributed by atoms with Crippen LogP contribution in [0.1, 0.15) is 6.92 Å². The SMILES string of the molecule is CC(=O)Nc1sccc1N. The lowest BCUT2D eigenvalue weighted by atomic mass is 10.5. The Kier molecular flexibility index (Phi) is 1.91. The highest BCUT2D eigenvalue weighted by molar-refractivity contribution is 7.15. The van der Waals surface area contributed by atoms with Gasteiger partial charge in [-0.05, 0) is 11.4 Å². The average Bonchev–Trinajstić information content (AvgIpc) is 2.15. The zero-order chi connectivity index (χ0) is 7.56. The van der Waals surface area contributed by atoms with E-state index in [1.165, 1.54) is 18.3 Å². The lowest BCUT2D eigenvalue weighted by Crippen LogP contribution is -2.05. The van der Waals surface area contributed by atoms with Crippen LogP contribution in [-0.4, -0.2) is 5.91 Å². The quantitative estimate of drug-likeness (QED) is 0.643. The lowest BCUT2D eigenvalue weighted by molar-refractivity contribution is -0.114. The summed E-state index contributed by atoms with van der Waals surface area (Å²) < 4.78 is 0. The number of amides is 1. The van der Waals surface area contributed by atoms with Crippen molar-refractivity contribution in [2.75, 3.05) is 11.1 Å². The van der Waals surface area contributed by atoms with E-state index in [4.69, 9.17) is 5.73 Å². The van der Waals surface area contributed by atoms with E-state index < -0.39 is 0 Å². The van der Waals surface area contributed by atoms with Gasteiger partial charge < -0.3 is 11.1 Å². The summed E-state index contributed by atoms with van der Waals surface area (Å²) >= 11 is 1.42. The number of nitrogens with one attached hydrogen (secondary N) is 1. The maximum absolute atomic E-state index is 10.5. The van der Waals surface area contributed by atoms with Crippen LogP contribution in [-0.2, 0) is 4.79 Å². The number of hydrogen-bond donors (Lipinski definition) is 2. The van der Waals surface area contributed by atoms with Gasteiger partial charge in [0.05, 0.1) is 5.69 Å². The molecule has 0 radical (unpaired) electrons. The van der Waals surface area contributed by atoms with E-state index in [0.717, 1.165) is 5.00 Å². The molecule has 1 heterocycles. The Bertz CT molecular complexity index is 244. The highest BCUT2D eigenvalue weighted by Crippen LogP contribution is 2.24. The van der Waals surface area contributed by atoms with E-state index in [2.05, 4.69) is 5.32 Å². The molecule has 3 nitrogen and oxygen atoms in total. The predicted molar refractivity (Wildman–Crippen MR) is 43.0 cm³/mol. The van der Waals surface area contributed by atoms with Crippen LogP contribution in [0.3, 0.4) is 0 Å². The Labute approximate surface area is 62.9 Å². The van der Waals surface area contributed by atoms with Gasteiger partial charge in [0.2, 0.25) is 5.91 Å². The molecular formula is C6H8N2OS. The summed E-state index contributed by atoms with van der Waals surface area (Å²) in [6.45, 7) is 1.46. The van der Waals surface area contributed by atoms with Crippen LogP contribution in [0.2, 0.25) is 0 Å². The van der Waals surface area contributed by atoms with E-state index in [1.807, 2.05) is 5.38 Å². The van der Waals surface area contributed by atoms with Crippen molar-refractivity contribution in [3.05, 3.63) is 11.4 Å². The average molecular weight is 156 g/mol. The van der Waals surface area contributed by atoms with Crippen molar-refractivity contribution < 1.29 is 4.79 Å². The predicted octanol–water partition coefficient (Wildman–Crippen LogP) is 1.29. The molecule has 0 aliphatic heterocycles. The normalized spacial score (nSPS) is 9.30. The molecule has 10 heavy (non-hydrogen) atoms. The molecule has 0 aromatic carbocycles. The molecule has 0 spiro atoms. The minimum atomic E-state index is -0.0887. The third-order valence-electron chi connectivity index (χ3n) is 0.985. The second-order valence-electron chi connectivity index (χ2n) is 1.89. The highest BCUT2D eigenvalue weighted by atomic mass is 32.1. The van der Waals surface area contributed by atoms with E-state index in [-0.39, 0.29) is 5.91 Å². The first-order valence-corrected chi connectivity index (χ1v) is 3.68. The molecule has 0 fully saturated rings. The topological polar surface area (TPSA) is 55.1 Å². The molecule has 0 saturated heterocycles. The molecule has 1 amide bonds. The van der Waals surface area contributed by atoms with Gasteiger partial charge in [0, 0.05) is 6.92 Å². The molecule has 1 rings (SSSR count). The molecule has 4 heteroatoms. The largest absolute Gasteiger partial charge is 0.396 e. The van der Waals surface area contributed by atoms with Gasteiger partial charge in [-0.15, -0.1) is 11.3 Å². The van der Waals surface area contributed by atoms with Gasteiger partial charge in [0.1, 0.15) is 5.00 Å². The minimum Gasteiger partial charge on any atom is -0.396 e. The first-order valence-electron chi connectivity index (χ1n) is 2.80. The molecule has 1 aromatic heterocycles. The van der Waals surface area contributed by atoms with Crippen molar-refractivity contribution in [1.82, 2.24) is 0 Å². The van der Waals surface area contributed by atoms with Crippen LogP contribution < -0.4 is 11.1 Å². The molecule has 0 saturated carbocycles. The maximum atomic E-state index is 10.5. The molecular weight excluding hydrogens is 148 g/mol. The number of nitrogens with two attached hydrogens (primary N) is 1. The van der Waals surface area contributed by atoms with Crippen molar-refractivity contribution in [1.29, 1.82) is 0 Å². The number of thiophene rings is 1. The number of nitrogen functional groups attached to an aromatic ring is 1. The van der Waals surface area contributed by atoms with Crippen molar-refractivity contribution in [3.63, 3.8) is 0 Å². The van der Waals surface area contributed by atoms with Gasteiger partial charge in [-0.3, -0.25) is 4.79 Å². The first-order chi connectivity index (χ1) is 4.70. The van der Waals surface area contributed by atoms with Crippen molar-refractivity contribution in [3.8, 4) is 0 Å². The first kappa shape index (κ1) is 7.08. The summed E-state index contributed by atoms with van der Waals surface area (Å²) in [5.74, 6) is -0.0887. The molecule has 0 bridgehead atoms. The van der Waals surface area contributed by atoms with E-state index in [0.29, 0.717) is 5.69 Å². The van der Waals surface area contributed by atoms with Crippen LogP contribution in [0.5, 0.6) is 0 Å². The number of hydrogen-bond acceptors (Lipinski definition) is 3. The second kappa shape index (κ2) is 2.70. The van der Waals surface area contributed by atoms with Crippen molar-refractivity contribution in [2.24, 2.45) is 0 Å². The van der Waals surface area contributed by atoms with Crippen LogP contribution in [0, 0.1) is 0 Å². The van der Waals surface area contributed by atoms with Gasteiger partial charge in [0.15, 0.2) is 0 Å². The number of rotatable bonds is 1. The van der Waals surface area contributed by atoms with Gasteiger partial charge in [-0.1, -0.05) is 0 Å². The number of carbonyl (C=O) groups excluding carboxylic acids is 1. The Hall–Kier alpha value is -1.03. The zero-order valence-electron chi connectivity index (χ0n) is 5.55. The Balaban J connectivity index is 2.74. The van der Waals surface area contributed by atoms with Gasteiger partial charge >= 0.3 is 0 Å². The Morgan fingerprint density at radius 2 is 2.50 bits per heavy atom. The van der Waals surface area contributed by atoms with E-state index in [1.54, 1.807) is 6.07 Å². The number of carbonyl (C=O) groups is 1. The third-order valence-corrected chi connectivity index (χ3v) is 1.83. The fourth-order valence-corrected chi connectivity index (χ4v) is 1.34. The van der Waals surface area contributed by atoms with Crippen LogP contribution >= 0.6 is 11.3 Å². The monoisotopic (exact) mass is 156 g/mol. The van der Waals surface area contributed by atoms with E-state index in [9.17, 15) is 4.79 Å². The number of anilines is 2. The maximum Gasteiger partial charge on any atom is 0.221 e. The van der Waals surface area contributed by atoms with Crippen molar-refractivity contribution in [2.45, 2.75) is 6.92 Å². The van der Waals surface area contributed by atoms with Crippen LogP contribution in [0.4, 0.5) is 10.7 Å². The third kappa shape index (κ3) is 1.48. The standard InChI is InChI=1S/C6H8N2OS/c1-4(9)8-6-5(7)2-3-10-6/h2-3H,7H2,1H3,(H,8,9). The molecule has 0 atom stereocenters. The Morgan fingerprint density at radius 1 is 1.80 bits per heavy atom. The lowest BCUT2D eigenvalue weighted by Gasteiger charge is -1.96. The molecule has 54 valence electrons. The molecule has 0 aliphatic rings. The van der Waals surface area contributed by atoms with Gasteiger partial charge in [0.25, 0.3) is 0 Å². The second-order valence-corrected chi connectivity index (χ2v) is 2.80. The summed E-state index contributed by atoms with van der Waals surface area (Å²) in [5, 5.41) is 5.17. The molecule has 3 N–H and O–H groups in total. The zero-order valence-corrected chi connectivity index (χ0v) is 6.37. The Morgan fingerprint density at radius 3 is 2.90 bits per heavy atom. The van der Waals surface area contributed by atoms with Gasteiger partial charge in [-0.25, -0.2) is 0 Å². The summed E-state index contributed by atoms with van der Waals surface area (Å²) in [6.07, 6.45) is 0. The summed E-state index contributed by atoms with van der Waals surface area (Å²) in [7, 11) is 0.